The van der Waals surface area contributed by atoms with Crippen molar-refractivity contribution in [3.63, 3.8) is 0 Å². The number of hydrogen-bond donors (Lipinski definition) is 0. The zero-order valence-electron chi connectivity index (χ0n) is 16.8. The van der Waals surface area contributed by atoms with Gasteiger partial charge in [0, 0.05) is 31.4 Å². The summed E-state index contributed by atoms with van der Waals surface area (Å²) in [5.41, 5.74) is -1.14. The van der Waals surface area contributed by atoms with E-state index in [0.29, 0.717) is 18.6 Å². The molecule has 6 nitrogen and oxygen atoms in total. The zero-order chi connectivity index (χ0) is 19.8. The Balaban J connectivity index is 1.87. The predicted molar refractivity (Wildman–Crippen MR) is 96.5 cm³/mol. The smallest absolute Gasteiger partial charge is 0.318 e. The molecule has 6 heteroatoms. The minimum Gasteiger partial charge on any atom is -0.483 e. The van der Waals surface area contributed by atoms with Crippen molar-refractivity contribution in [1.29, 1.82) is 0 Å². The summed E-state index contributed by atoms with van der Waals surface area (Å²) in [6.07, 6.45) is 3.75. The number of fused-ring (bicyclic) bond motifs is 2. The van der Waals surface area contributed by atoms with Gasteiger partial charge in [-0.05, 0) is 39.7 Å². The molecule has 4 aliphatic heterocycles. The average molecular weight is 376 g/mol. The summed E-state index contributed by atoms with van der Waals surface area (Å²) < 4.78 is 24.4. The van der Waals surface area contributed by atoms with Crippen LogP contribution in [-0.4, -0.2) is 42.5 Å². The fourth-order valence-corrected chi connectivity index (χ4v) is 5.55. The SMILES string of the molecule is C/C=C(/C)[C@@]1(OC)O[C@H]2C[C@@]3(C)OC(=CC3=O)[C@@H](C)C[C@H]3OC(=O)[C@@]1(C)C23. The Morgan fingerprint density at radius 2 is 2.00 bits per heavy atom. The number of rotatable bonds is 2. The largest absolute Gasteiger partial charge is 0.483 e. The molecule has 3 saturated heterocycles. The molecular weight excluding hydrogens is 348 g/mol. The predicted octanol–water partition coefficient (Wildman–Crippen LogP) is 2.91. The number of ether oxygens (including phenoxy) is 4. The molecule has 7 atom stereocenters. The molecule has 0 aromatic rings. The van der Waals surface area contributed by atoms with Crippen molar-refractivity contribution in [1.82, 2.24) is 0 Å². The van der Waals surface area contributed by atoms with Crippen LogP contribution in [0.3, 0.4) is 0 Å². The Kier molecular flexibility index (Phi) is 3.93. The van der Waals surface area contributed by atoms with Crippen LogP contribution in [0.15, 0.2) is 23.5 Å². The normalized spacial score (nSPS) is 49.0. The maximum absolute atomic E-state index is 13.1. The van der Waals surface area contributed by atoms with Crippen molar-refractivity contribution in [3.05, 3.63) is 23.5 Å². The van der Waals surface area contributed by atoms with Crippen LogP contribution in [0.25, 0.3) is 0 Å². The summed E-state index contributed by atoms with van der Waals surface area (Å²) in [5, 5.41) is 0. The molecule has 3 fully saturated rings. The van der Waals surface area contributed by atoms with E-state index in [9.17, 15) is 9.59 Å². The number of methoxy groups -OCH3 is 1. The van der Waals surface area contributed by atoms with Gasteiger partial charge in [-0.25, -0.2) is 0 Å². The molecule has 0 saturated carbocycles. The van der Waals surface area contributed by atoms with Crippen LogP contribution >= 0.6 is 0 Å². The quantitative estimate of drug-likeness (QED) is 0.545. The van der Waals surface area contributed by atoms with Crippen molar-refractivity contribution >= 4 is 11.8 Å². The van der Waals surface area contributed by atoms with Gasteiger partial charge in [0.1, 0.15) is 17.3 Å². The average Bonchev–Trinajstić information content (AvgIpc) is 3.16. The van der Waals surface area contributed by atoms with Crippen LogP contribution in [0, 0.1) is 17.3 Å². The van der Waals surface area contributed by atoms with Gasteiger partial charge in [0.05, 0.1) is 6.10 Å². The lowest BCUT2D eigenvalue weighted by Gasteiger charge is -2.38. The first-order valence-electron chi connectivity index (χ1n) is 9.65. The van der Waals surface area contributed by atoms with Crippen LogP contribution < -0.4 is 0 Å². The van der Waals surface area contributed by atoms with E-state index < -0.39 is 22.9 Å². The molecule has 0 aromatic carbocycles. The third-order valence-electron chi connectivity index (χ3n) is 7.19. The molecule has 0 amide bonds. The van der Waals surface area contributed by atoms with Crippen LogP contribution in [0.1, 0.15) is 47.5 Å². The molecule has 148 valence electrons. The van der Waals surface area contributed by atoms with Crippen molar-refractivity contribution in [2.24, 2.45) is 17.3 Å². The number of hydrogen-bond acceptors (Lipinski definition) is 6. The fourth-order valence-electron chi connectivity index (χ4n) is 5.55. The lowest BCUT2D eigenvalue weighted by Crippen LogP contribution is -2.51. The van der Waals surface area contributed by atoms with Gasteiger partial charge in [-0.1, -0.05) is 13.0 Å². The summed E-state index contributed by atoms with van der Waals surface area (Å²) in [6, 6.07) is 0. The second kappa shape index (κ2) is 5.67. The molecule has 2 bridgehead atoms. The number of esters is 1. The maximum atomic E-state index is 13.1. The number of carbonyl (C=O) groups excluding carboxylic acids is 2. The molecular formula is C21H28O6. The van der Waals surface area contributed by atoms with Gasteiger partial charge in [-0.2, -0.15) is 0 Å². The second-order valence-corrected chi connectivity index (χ2v) is 8.71. The van der Waals surface area contributed by atoms with E-state index in [1.165, 1.54) is 0 Å². The van der Waals surface area contributed by atoms with E-state index >= 15 is 0 Å². The van der Waals surface area contributed by atoms with Crippen molar-refractivity contribution in [2.45, 2.75) is 71.1 Å². The molecule has 0 N–H and O–H groups in total. The first-order valence-corrected chi connectivity index (χ1v) is 9.65. The molecule has 4 aliphatic rings. The van der Waals surface area contributed by atoms with E-state index in [4.69, 9.17) is 18.9 Å². The molecule has 1 unspecified atom stereocenters. The first-order chi connectivity index (χ1) is 12.6. The van der Waals surface area contributed by atoms with E-state index in [1.54, 1.807) is 20.1 Å². The fraction of sp³-hybridized carbons (Fsp3) is 0.714. The highest BCUT2D eigenvalue weighted by Crippen LogP contribution is 2.62. The zero-order valence-corrected chi connectivity index (χ0v) is 16.8. The highest BCUT2D eigenvalue weighted by Gasteiger charge is 2.75. The summed E-state index contributed by atoms with van der Waals surface area (Å²) in [7, 11) is 1.56. The van der Waals surface area contributed by atoms with Gasteiger partial charge in [0.25, 0.3) is 0 Å². The highest BCUT2D eigenvalue weighted by atomic mass is 16.7. The van der Waals surface area contributed by atoms with Gasteiger partial charge in [0.2, 0.25) is 11.6 Å². The molecule has 0 aliphatic carbocycles. The summed E-state index contributed by atoms with van der Waals surface area (Å²) in [5.74, 6) is -1.11. The molecule has 4 rings (SSSR count). The standard InChI is InChI=1S/C21H28O6/c1-7-12(3)21(24-6)20(5)17-14(25-18(20)23)8-11(2)13-9-16(22)19(4,26-13)10-15(17)27-21/h7,9,11,14-15,17H,8,10H2,1-6H3/b12-7-/t11-,14+,15-,17?,19+,20+,21+/m0/s1. The van der Waals surface area contributed by atoms with Crippen LogP contribution in [0.4, 0.5) is 0 Å². The van der Waals surface area contributed by atoms with Crippen molar-refractivity contribution in [3.8, 4) is 0 Å². The number of carbonyl (C=O) groups is 2. The molecule has 0 radical (unpaired) electrons. The first kappa shape index (κ1) is 18.7. The van der Waals surface area contributed by atoms with Crippen LogP contribution in [-0.2, 0) is 28.5 Å². The Bertz CT molecular complexity index is 769. The molecule has 4 heterocycles. The molecule has 0 spiro atoms. The van der Waals surface area contributed by atoms with Crippen molar-refractivity contribution in [2.75, 3.05) is 7.11 Å². The van der Waals surface area contributed by atoms with E-state index in [0.717, 1.165) is 5.57 Å². The van der Waals surface area contributed by atoms with Gasteiger partial charge in [0.15, 0.2) is 5.60 Å². The summed E-state index contributed by atoms with van der Waals surface area (Å²) in [6.45, 7) is 9.49. The third-order valence-corrected chi connectivity index (χ3v) is 7.19. The van der Waals surface area contributed by atoms with Gasteiger partial charge >= 0.3 is 5.97 Å². The molecule has 0 aromatic heterocycles. The minimum atomic E-state index is -1.21. The Labute approximate surface area is 159 Å². The van der Waals surface area contributed by atoms with Crippen LogP contribution in [0.2, 0.25) is 0 Å². The molecule has 27 heavy (non-hydrogen) atoms. The maximum Gasteiger partial charge on any atom is 0.318 e. The lowest BCUT2D eigenvalue weighted by atomic mass is 9.66. The Morgan fingerprint density at radius 3 is 2.63 bits per heavy atom. The van der Waals surface area contributed by atoms with E-state index in [-0.39, 0.29) is 29.7 Å². The summed E-state index contributed by atoms with van der Waals surface area (Å²) in [4.78, 5) is 25.8. The second-order valence-electron chi connectivity index (χ2n) is 8.71. The third kappa shape index (κ3) is 2.14. The lowest BCUT2D eigenvalue weighted by molar-refractivity contribution is -0.234. The number of allylic oxidation sites excluding steroid dienone is 2. The van der Waals surface area contributed by atoms with Gasteiger partial charge in [-0.3, -0.25) is 9.59 Å². The monoisotopic (exact) mass is 376 g/mol. The highest BCUT2D eigenvalue weighted by molar-refractivity contribution is 5.99. The van der Waals surface area contributed by atoms with Crippen molar-refractivity contribution < 1.29 is 28.5 Å². The van der Waals surface area contributed by atoms with Gasteiger partial charge < -0.3 is 18.9 Å². The van der Waals surface area contributed by atoms with E-state index in [1.807, 2.05) is 33.8 Å². The van der Waals surface area contributed by atoms with E-state index in [2.05, 4.69) is 0 Å². The van der Waals surface area contributed by atoms with Crippen LogP contribution in [0.5, 0.6) is 0 Å². The topological polar surface area (TPSA) is 71.1 Å². The Hall–Kier alpha value is -1.66. The minimum absolute atomic E-state index is 0.0185. The number of ketones is 1. The summed E-state index contributed by atoms with van der Waals surface area (Å²) >= 11 is 0. The Morgan fingerprint density at radius 1 is 1.30 bits per heavy atom. The van der Waals surface area contributed by atoms with Gasteiger partial charge in [-0.15, -0.1) is 0 Å².